The summed E-state index contributed by atoms with van der Waals surface area (Å²) in [5.41, 5.74) is 1.05. The quantitative estimate of drug-likeness (QED) is 0.791. The molecule has 0 atom stereocenters. The number of halogens is 3. The Kier molecular flexibility index (Phi) is 4.10. The minimum absolute atomic E-state index is 0.182. The number of aryl methyl sites for hydroxylation is 1. The minimum Gasteiger partial charge on any atom is -0.463 e. The summed E-state index contributed by atoms with van der Waals surface area (Å²) in [6.07, 6.45) is 0.437. The van der Waals surface area contributed by atoms with E-state index in [1.54, 1.807) is 31.2 Å². The molecule has 0 unspecified atom stereocenters. The van der Waals surface area contributed by atoms with E-state index in [0.717, 1.165) is 0 Å². The minimum atomic E-state index is -0.923. The van der Waals surface area contributed by atoms with Crippen molar-refractivity contribution in [1.29, 1.82) is 0 Å². The molecule has 0 heterocycles. The summed E-state index contributed by atoms with van der Waals surface area (Å²) in [5.74, 6) is -1.33. The molecule has 4 heteroatoms. The monoisotopic (exact) mass is 266 g/mol. The third kappa shape index (κ3) is 2.72. The summed E-state index contributed by atoms with van der Waals surface area (Å²) in [7, 11) is 0. The molecule has 0 aliphatic heterocycles. The van der Waals surface area contributed by atoms with Crippen LogP contribution < -0.4 is 4.74 Å². The molecule has 0 saturated heterocycles. The van der Waals surface area contributed by atoms with E-state index in [2.05, 4.69) is 4.74 Å². The first-order valence-electron chi connectivity index (χ1n) is 5.93. The summed E-state index contributed by atoms with van der Waals surface area (Å²) in [6.45, 7) is 0.841. The molecule has 0 aliphatic carbocycles. The van der Waals surface area contributed by atoms with Gasteiger partial charge < -0.3 is 4.74 Å². The van der Waals surface area contributed by atoms with Crippen molar-refractivity contribution in [1.82, 2.24) is 0 Å². The number of hydrogen-bond acceptors (Lipinski definition) is 1. The molecule has 2 aromatic carbocycles. The van der Waals surface area contributed by atoms with Gasteiger partial charge in [-0.15, -0.1) is 0 Å². The Labute approximate surface area is 109 Å². The summed E-state index contributed by atoms with van der Waals surface area (Å²) in [4.78, 5) is 0. The largest absolute Gasteiger partial charge is 0.463 e. The first-order valence-corrected chi connectivity index (χ1v) is 5.93. The molecule has 0 amide bonds. The van der Waals surface area contributed by atoms with Crippen molar-refractivity contribution in [2.75, 3.05) is 6.86 Å². The van der Waals surface area contributed by atoms with Crippen LogP contribution in [-0.4, -0.2) is 6.86 Å². The first-order chi connectivity index (χ1) is 9.17. The number of hydrogen-bond donors (Lipinski definition) is 0. The van der Waals surface area contributed by atoms with Crippen LogP contribution in [0.3, 0.4) is 0 Å². The second-order valence-electron chi connectivity index (χ2n) is 4.03. The van der Waals surface area contributed by atoms with Crippen LogP contribution in [0.15, 0.2) is 36.4 Å². The van der Waals surface area contributed by atoms with Crippen molar-refractivity contribution in [2.24, 2.45) is 0 Å². The van der Waals surface area contributed by atoms with Crippen LogP contribution in [0.5, 0.6) is 5.75 Å². The van der Waals surface area contributed by atoms with Crippen LogP contribution in [0.25, 0.3) is 11.1 Å². The second kappa shape index (κ2) is 5.78. The average molecular weight is 266 g/mol. The van der Waals surface area contributed by atoms with E-state index in [4.69, 9.17) is 0 Å². The highest BCUT2D eigenvalue weighted by molar-refractivity contribution is 5.65. The summed E-state index contributed by atoms with van der Waals surface area (Å²) in [5, 5.41) is 0. The van der Waals surface area contributed by atoms with Crippen LogP contribution in [0.4, 0.5) is 13.2 Å². The Balaban J connectivity index is 2.39. The van der Waals surface area contributed by atoms with E-state index >= 15 is 0 Å². The molecular formula is C15H13F3O. The SMILES string of the molecule is CCc1ccc(-c2ccc(OCF)cc2)c(F)c1F. The van der Waals surface area contributed by atoms with Gasteiger partial charge in [-0.25, -0.2) is 13.2 Å². The Morgan fingerprint density at radius 3 is 2.21 bits per heavy atom. The van der Waals surface area contributed by atoms with E-state index in [9.17, 15) is 13.2 Å². The van der Waals surface area contributed by atoms with Crippen molar-refractivity contribution in [3.05, 3.63) is 53.6 Å². The molecule has 0 bridgehead atoms. The Bertz CT molecular complexity index is 564. The van der Waals surface area contributed by atoms with Crippen LogP contribution in [0.1, 0.15) is 12.5 Å². The van der Waals surface area contributed by atoms with Gasteiger partial charge in [0.2, 0.25) is 6.86 Å². The molecule has 2 rings (SSSR count). The zero-order valence-electron chi connectivity index (χ0n) is 10.4. The van der Waals surface area contributed by atoms with Gasteiger partial charge in [0, 0.05) is 5.56 Å². The summed E-state index contributed by atoms with van der Waals surface area (Å²) in [6, 6.07) is 9.27. The highest BCUT2D eigenvalue weighted by Gasteiger charge is 2.13. The average Bonchev–Trinajstić information content (AvgIpc) is 2.43. The van der Waals surface area contributed by atoms with Gasteiger partial charge in [0.25, 0.3) is 0 Å². The third-order valence-corrected chi connectivity index (χ3v) is 2.93. The Morgan fingerprint density at radius 2 is 1.63 bits per heavy atom. The van der Waals surface area contributed by atoms with Gasteiger partial charge in [-0.05, 0) is 29.7 Å². The first kappa shape index (κ1) is 13.5. The number of benzene rings is 2. The van der Waals surface area contributed by atoms with Gasteiger partial charge >= 0.3 is 0 Å². The maximum Gasteiger partial charge on any atom is 0.228 e. The van der Waals surface area contributed by atoms with Gasteiger partial charge in [-0.2, -0.15) is 0 Å². The fourth-order valence-corrected chi connectivity index (χ4v) is 1.88. The second-order valence-corrected chi connectivity index (χ2v) is 4.03. The lowest BCUT2D eigenvalue weighted by Gasteiger charge is -2.08. The lowest BCUT2D eigenvalue weighted by atomic mass is 10.0. The van der Waals surface area contributed by atoms with Crippen LogP contribution in [0, 0.1) is 11.6 Å². The highest BCUT2D eigenvalue weighted by Crippen LogP contribution is 2.28. The van der Waals surface area contributed by atoms with Crippen molar-refractivity contribution in [3.63, 3.8) is 0 Å². The predicted molar refractivity (Wildman–Crippen MR) is 67.8 cm³/mol. The maximum atomic E-state index is 13.9. The molecule has 0 radical (unpaired) electrons. The fourth-order valence-electron chi connectivity index (χ4n) is 1.88. The van der Waals surface area contributed by atoms with Crippen LogP contribution in [0.2, 0.25) is 0 Å². The molecule has 0 aromatic heterocycles. The number of alkyl halides is 1. The van der Waals surface area contributed by atoms with Gasteiger partial charge in [0.05, 0.1) is 0 Å². The topological polar surface area (TPSA) is 9.23 Å². The molecule has 0 spiro atoms. The lowest BCUT2D eigenvalue weighted by molar-refractivity contribution is 0.192. The van der Waals surface area contributed by atoms with Crippen molar-refractivity contribution in [2.45, 2.75) is 13.3 Å². The van der Waals surface area contributed by atoms with E-state index < -0.39 is 18.5 Å². The van der Waals surface area contributed by atoms with Crippen LogP contribution >= 0.6 is 0 Å². The van der Waals surface area contributed by atoms with Gasteiger partial charge in [0.1, 0.15) is 5.75 Å². The normalized spacial score (nSPS) is 10.5. The number of ether oxygens (including phenoxy) is 1. The smallest absolute Gasteiger partial charge is 0.228 e. The number of rotatable bonds is 4. The van der Waals surface area contributed by atoms with Gasteiger partial charge in [-0.1, -0.05) is 31.2 Å². The summed E-state index contributed by atoms with van der Waals surface area (Å²) >= 11 is 0. The summed E-state index contributed by atoms with van der Waals surface area (Å²) < 4.78 is 44.2. The molecule has 19 heavy (non-hydrogen) atoms. The van der Waals surface area contributed by atoms with E-state index in [1.807, 2.05) is 0 Å². The van der Waals surface area contributed by atoms with Gasteiger partial charge in [-0.3, -0.25) is 0 Å². The molecule has 0 aliphatic rings. The molecule has 0 N–H and O–H groups in total. The maximum absolute atomic E-state index is 13.9. The van der Waals surface area contributed by atoms with E-state index in [0.29, 0.717) is 23.3 Å². The Hall–Kier alpha value is -1.97. The van der Waals surface area contributed by atoms with Crippen molar-refractivity contribution >= 4 is 0 Å². The zero-order valence-corrected chi connectivity index (χ0v) is 10.4. The Morgan fingerprint density at radius 1 is 0.947 bits per heavy atom. The van der Waals surface area contributed by atoms with E-state index in [-0.39, 0.29) is 5.56 Å². The lowest BCUT2D eigenvalue weighted by Crippen LogP contribution is -1.96. The van der Waals surface area contributed by atoms with Crippen molar-refractivity contribution in [3.8, 4) is 16.9 Å². The van der Waals surface area contributed by atoms with Crippen LogP contribution in [-0.2, 0) is 6.42 Å². The predicted octanol–water partition coefficient (Wildman–Crippen LogP) is 4.50. The van der Waals surface area contributed by atoms with Gasteiger partial charge in [0.15, 0.2) is 11.6 Å². The molecule has 0 saturated carbocycles. The third-order valence-electron chi connectivity index (χ3n) is 2.93. The van der Waals surface area contributed by atoms with E-state index in [1.165, 1.54) is 12.1 Å². The molecule has 2 aromatic rings. The zero-order chi connectivity index (χ0) is 13.8. The van der Waals surface area contributed by atoms with Crippen molar-refractivity contribution < 1.29 is 17.9 Å². The standard InChI is InChI=1S/C15H13F3O/c1-2-10-5-8-13(15(18)14(10)17)11-3-6-12(7-4-11)19-9-16/h3-8H,2,9H2,1H3. The molecule has 0 fully saturated rings. The molecule has 1 nitrogen and oxygen atoms in total. The fraction of sp³-hybridized carbons (Fsp3) is 0.200. The highest BCUT2D eigenvalue weighted by atomic mass is 19.2. The molecular weight excluding hydrogens is 253 g/mol. The molecule has 100 valence electrons.